The molecule has 6 heteroatoms. The van der Waals surface area contributed by atoms with E-state index in [0.717, 1.165) is 6.07 Å². The first-order valence-electron chi connectivity index (χ1n) is 6.15. The molecule has 0 saturated heterocycles. The Labute approximate surface area is 125 Å². The summed E-state index contributed by atoms with van der Waals surface area (Å²) >= 11 is 5.77. The third kappa shape index (κ3) is 3.70. The molecule has 2 aromatic carbocycles. The van der Waals surface area contributed by atoms with Crippen LogP contribution in [0, 0.1) is 18.6 Å². The van der Waals surface area contributed by atoms with Gasteiger partial charge in [-0.1, -0.05) is 11.6 Å². The maximum absolute atomic E-state index is 13.7. The third-order valence-electron chi connectivity index (χ3n) is 3.03. The maximum atomic E-state index is 13.7. The molecule has 2 rings (SSSR count). The summed E-state index contributed by atoms with van der Waals surface area (Å²) in [6.07, 6.45) is 0. The highest BCUT2D eigenvalue weighted by Gasteiger charge is 2.10. The molecule has 0 fully saturated rings. The van der Waals surface area contributed by atoms with Gasteiger partial charge in [0.15, 0.2) is 0 Å². The number of anilines is 1. The Balaban J connectivity index is 2.25. The van der Waals surface area contributed by atoms with E-state index in [1.54, 1.807) is 13.0 Å². The summed E-state index contributed by atoms with van der Waals surface area (Å²) in [5.74, 6) is -1.70. The molecule has 0 aliphatic carbocycles. The molecule has 0 aliphatic heterocycles. The highest BCUT2D eigenvalue weighted by molar-refractivity contribution is 6.30. The van der Waals surface area contributed by atoms with Crippen LogP contribution in [0.5, 0.6) is 0 Å². The molecule has 0 aromatic heterocycles. The van der Waals surface area contributed by atoms with E-state index < -0.39 is 17.5 Å². The minimum atomic E-state index is -0.717. The highest BCUT2D eigenvalue weighted by Crippen LogP contribution is 2.22. The normalized spacial score (nSPS) is 10.5. The van der Waals surface area contributed by atoms with Gasteiger partial charge in [-0.15, -0.1) is 0 Å². The molecule has 1 amide bonds. The first kappa shape index (κ1) is 15.3. The van der Waals surface area contributed by atoms with Gasteiger partial charge in [-0.25, -0.2) is 8.78 Å². The molecule has 3 nitrogen and oxygen atoms in total. The number of nitrogens with one attached hydrogen (secondary N) is 1. The van der Waals surface area contributed by atoms with E-state index in [4.69, 9.17) is 17.3 Å². The lowest BCUT2D eigenvalue weighted by Gasteiger charge is -2.12. The number of hydrogen-bond acceptors (Lipinski definition) is 2. The van der Waals surface area contributed by atoms with Gasteiger partial charge in [0.05, 0.1) is 0 Å². The van der Waals surface area contributed by atoms with Crippen molar-refractivity contribution in [2.24, 2.45) is 5.73 Å². The number of halogens is 3. The molecular weight excluding hydrogens is 298 g/mol. The van der Waals surface area contributed by atoms with Crippen LogP contribution in [-0.2, 0) is 6.54 Å². The minimum absolute atomic E-state index is 0.0675. The fourth-order valence-corrected chi connectivity index (χ4v) is 2.16. The van der Waals surface area contributed by atoms with Crippen LogP contribution in [-0.4, -0.2) is 5.91 Å². The van der Waals surface area contributed by atoms with Crippen LogP contribution in [0.25, 0.3) is 0 Å². The lowest BCUT2D eigenvalue weighted by Crippen LogP contribution is -2.13. The van der Waals surface area contributed by atoms with Gasteiger partial charge < -0.3 is 11.1 Å². The molecule has 0 unspecified atom stereocenters. The first-order valence-corrected chi connectivity index (χ1v) is 6.53. The Morgan fingerprint density at radius 2 is 1.95 bits per heavy atom. The van der Waals surface area contributed by atoms with Crippen molar-refractivity contribution in [2.75, 3.05) is 5.32 Å². The Morgan fingerprint density at radius 3 is 2.57 bits per heavy atom. The number of hydrogen-bond donors (Lipinski definition) is 2. The lowest BCUT2D eigenvalue weighted by atomic mass is 10.1. The van der Waals surface area contributed by atoms with Crippen LogP contribution >= 0.6 is 11.6 Å². The fraction of sp³-hybridized carbons (Fsp3) is 0.133. The quantitative estimate of drug-likeness (QED) is 0.906. The Morgan fingerprint density at radius 1 is 1.24 bits per heavy atom. The van der Waals surface area contributed by atoms with Crippen LogP contribution in [0.1, 0.15) is 21.5 Å². The van der Waals surface area contributed by atoms with Crippen molar-refractivity contribution in [3.8, 4) is 0 Å². The molecule has 110 valence electrons. The van der Waals surface area contributed by atoms with E-state index in [9.17, 15) is 13.6 Å². The summed E-state index contributed by atoms with van der Waals surface area (Å²) in [6, 6.07) is 6.66. The maximum Gasteiger partial charge on any atom is 0.248 e. The zero-order valence-corrected chi connectivity index (χ0v) is 12.0. The van der Waals surface area contributed by atoms with Gasteiger partial charge in [0.25, 0.3) is 0 Å². The van der Waals surface area contributed by atoms with E-state index >= 15 is 0 Å². The van der Waals surface area contributed by atoms with Crippen molar-refractivity contribution in [1.29, 1.82) is 0 Å². The van der Waals surface area contributed by atoms with Gasteiger partial charge in [-0.3, -0.25) is 4.79 Å². The van der Waals surface area contributed by atoms with Crippen molar-refractivity contribution in [3.05, 3.63) is 63.7 Å². The molecule has 0 saturated carbocycles. The fourth-order valence-electron chi connectivity index (χ4n) is 1.92. The smallest absolute Gasteiger partial charge is 0.248 e. The van der Waals surface area contributed by atoms with Crippen molar-refractivity contribution >= 4 is 23.2 Å². The number of amides is 1. The number of rotatable bonds is 4. The predicted octanol–water partition coefficient (Wildman–Crippen LogP) is 3.64. The SMILES string of the molecule is Cc1c(F)cc(C(N)=O)cc1NCc1cc(F)cc(Cl)c1. The van der Waals surface area contributed by atoms with Gasteiger partial charge >= 0.3 is 0 Å². The molecule has 0 spiro atoms. The number of nitrogens with two attached hydrogens (primary N) is 1. The summed E-state index contributed by atoms with van der Waals surface area (Å²) in [6.45, 7) is 1.81. The van der Waals surface area contributed by atoms with Gasteiger partial charge in [-0.05, 0) is 42.8 Å². The van der Waals surface area contributed by atoms with Crippen LogP contribution in [0.15, 0.2) is 30.3 Å². The Bertz CT molecular complexity index is 684. The van der Waals surface area contributed by atoms with Gasteiger partial charge in [0, 0.05) is 28.4 Å². The highest BCUT2D eigenvalue weighted by atomic mass is 35.5. The summed E-state index contributed by atoms with van der Waals surface area (Å²) in [5, 5.41) is 3.23. The molecule has 0 aliphatic rings. The monoisotopic (exact) mass is 310 g/mol. The van der Waals surface area contributed by atoms with Crippen molar-refractivity contribution in [1.82, 2.24) is 0 Å². The first-order chi connectivity index (χ1) is 9.86. The lowest BCUT2D eigenvalue weighted by molar-refractivity contribution is 0.1000. The molecule has 2 aromatic rings. The van der Waals surface area contributed by atoms with Crippen LogP contribution < -0.4 is 11.1 Å². The summed E-state index contributed by atoms with van der Waals surface area (Å²) < 4.78 is 27.0. The number of carbonyl (C=O) groups excluding carboxylic acids is 1. The van der Waals surface area contributed by atoms with Gasteiger partial charge in [0.2, 0.25) is 5.91 Å². The van der Waals surface area contributed by atoms with Crippen molar-refractivity contribution in [3.63, 3.8) is 0 Å². The van der Waals surface area contributed by atoms with E-state index in [0.29, 0.717) is 16.8 Å². The predicted molar refractivity (Wildman–Crippen MR) is 78.4 cm³/mol. The number of primary amides is 1. The van der Waals surface area contributed by atoms with Crippen molar-refractivity contribution < 1.29 is 13.6 Å². The molecule has 0 radical (unpaired) electrons. The molecule has 0 bridgehead atoms. The zero-order valence-electron chi connectivity index (χ0n) is 11.2. The molecule has 0 atom stereocenters. The topological polar surface area (TPSA) is 55.1 Å². The molecule has 0 heterocycles. The average Bonchev–Trinajstić information content (AvgIpc) is 2.39. The standard InChI is InChI=1S/C15H13ClF2N2O/c1-8-13(18)4-10(15(19)21)5-14(8)20-7-9-2-11(16)6-12(17)3-9/h2-6,20H,7H2,1H3,(H2,19,21). The van der Waals surface area contributed by atoms with Crippen LogP contribution in [0.4, 0.5) is 14.5 Å². The Kier molecular flexibility index (Phi) is 4.43. The summed E-state index contributed by atoms with van der Waals surface area (Å²) in [4.78, 5) is 11.1. The van der Waals surface area contributed by atoms with Gasteiger partial charge in [0.1, 0.15) is 11.6 Å². The summed E-state index contributed by atoms with van der Waals surface area (Å²) in [7, 11) is 0. The number of benzene rings is 2. The van der Waals surface area contributed by atoms with Crippen LogP contribution in [0.3, 0.4) is 0 Å². The average molecular weight is 311 g/mol. The van der Waals surface area contributed by atoms with E-state index in [-0.39, 0.29) is 17.1 Å². The second kappa shape index (κ2) is 6.10. The van der Waals surface area contributed by atoms with Crippen molar-refractivity contribution in [2.45, 2.75) is 13.5 Å². The molecular formula is C15H13ClF2N2O. The van der Waals surface area contributed by atoms with Crippen LogP contribution in [0.2, 0.25) is 5.02 Å². The van der Waals surface area contributed by atoms with E-state index in [1.165, 1.54) is 18.2 Å². The second-order valence-electron chi connectivity index (χ2n) is 4.63. The van der Waals surface area contributed by atoms with Gasteiger partial charge in [-0.2, -0.15) is 0 Å². The largest absolute Gasteiger partial charge is 0.381 e. The minimum Gasteiger partial charge on any atom is -0.381 e. The zero-order chi connectivity index (χ0) is 15.6. The van der Waals surface area contributed by atoms with E-state index in [1.807, 2.05) is 0 Å². The Hall–Kier alpha value is -2.14. The summed E-state index contributed by atoms with van der Waals surface area (Å²) in [5.41, 5.74) is 6.59. The molecule has 3 N–H and O–H groups in total. The molecule has 21 heavy (non-hydrogen) atoms. The third-order valence-corrected chi connectivity index (χ3v) is 3.25. The van der Waals surface area contributed by atoms with E-state index in [2.05, 4.69) is 5.32 Å². The second-order valence-corrected chi connectivity index (χ2v) is 5.06. The number of carbonyl (C=O) groups is 1.